The Kier molecular flexibility index (Phi) is 4.02. The monoisotopic (exact) mass is 312 g/mol. The van der Waals surface area contributed by atoms with Gasteiger partial charge in [-0.05, 0) is 39.9 Å². The predicted molar refractivity (Wildman–Crippen MR) is 74.6 cm³/mol. The van der Waals surface area contributed by atoms with Crippen LogP contribution in [0, 0.1) is 6.92 Å². The first-order chi connectivity index (χ1) is 8.18. The van der Waals surface area contributed by atoms with Crippen molar-refractivity contribution in [1.29, 1.82) is 0 Å². The SMILES string of the molecule is Cc1c(N)cnc(OCCc2cccs2)c1Br. The van der Waals surface area contributed by atoms with E-state index in [1.165, 1.54) is 4.88 Å². The van der Waals surface area contributed by atoms with E-state index in [-0.39, 0.29) is 0 Å². The third-order valence-electron chi connectivity index (χ3n) is 2.44. The van der Waals surface area contributed by atoms with Gasteiger partial charge in [0.25, 0.3) is 0 Å². The number of thiophene rings is 1. The lowest BCUT2D eigenvalue weighted by molar-refractivity contribution is 0.308. The van der Waals surface area contributed by atoms with Crippen LogP contribution in [0.2, 0.25) is 0 Å². The van der Waals surface area contributed by atoms with E-state index in [4.69, 9.17) is 10.5 Å². The van der Waals surface area contributed by atoms with Crippen molar-refractivity contribution < 1.29 is 4.74 Å². The maximum atomic E-state index is 5.75. The molecular formula is C12H13BrN2OS. The Morgan fingerprint density at radius 1 is 1.53 bits per heavy atom. The summed E-state index contributed by atoms with van der Waals surface area (Å²) < 4.78 is 6.48. The fourth-order valence-electron chi connectivity index (χ4n) is 1.37. The fourth-order valence-corrected chi connectivity index (χ4v) is 2.51. The number of hydrogen-bond donors (Lipinski definition) is 1. The van der Waals surface area contributed by atoms with Crippen LogP contribution >= 0.6 is 27.3 Å². The summed E-state index contributed by atoms with van der Waals surface area (Å²) in [5, 5.41) is 2.07. The number of nitrogens with zero attached hydrogens (tertiary/aromatic N) is 1. The normalized spacial score (nSPS) is 10.5. The van der Waals surface area contributed by atoms with Crippen molar-refractivity contribution in [3.8, 4) is 5.88 Å². The minimum atomic E-state index is 0.605. The van der Waals surface area contributed by atoms with E-state index >= 15 is 0 Å². The second kappa shape index (κ2) is 5.51. The number of ether oxygens (including phenoxy) is 1. The number of rotatable bonds is 4. The molecule has 2 N–H and O–H groups in total. The van der Waals surface area contributed by atoms with Gasteiger partial charge in [-0.1, -0.05) is 6.07 Å². The summed E-state index contributed by atoms with van der Waals surface area (Å²) in [6.07, 6.45) is 2.52. The largest absolute Gasteiger partial charge is 0.476 e. The van der Waals surface area contributed by atoms with E-state index in [9.17, 15) is 0 Å². The molecule has 90 valence electrons. The summed E-state index contributed by atoms with van der Waals surface area (Å²) in [7, 11) is 0. The van der Waals surface area contributed by atoms with E-state index in [1.54, 1.807) is 17.5 Å². The first kappa shape index (κ1) is 12.4. The number of hydrogen-bond acceptors (Lipinski definition) is 4. The molecule has 5 heteroatoms. The standard InChI is InChI=1S/C12H13BrN2OS/c1-8-10(14)7-15-12(11(8)13)16-5-4-9-3-2-6-17-9/h2-3,6-7H,4-5,14H2,1H3. The van der Waals surface area contributed by atoms with Crippen molar-refractivity contribution in [3.05, 3.63) is 38.6 Å². The molecule has 0 atom stereocenters. The second-order valence-corrected chi connectivity index (χ2v) is 5.46. The van der Waals surface area contributed by atoms with Crippen molar-refractivity contribution in [3.63, 3.8) is 0 Å². The van der Waals surface area contributed by atoms with E-state index in [1.807, 2.05) is 13.0 Å². The van der Waals surface area contributed by atoms with Crippen LogP contribution in [0.15, 0.2) is 28.2 Å². The van der Waals surface area contributed by atoms with E-state index < -0.39 is 0 Å². The molecule has 2 heterocycles. The van der Waals surface area contributed by atoms with Gasteiger partial charge in [0, 0.05) is 11.3 Å². The molecule has 3 nitrogen and oxygen atoms in total. The molecular weight excluding hydrogens is 300 g/mol. The van der Waals surface area contributed by atoms with Crippen LogP contribution in [0.1, 0.15) is 10.4 Å². The number of nitrogen functional groups attached to an aromatic ring is 1. The van der Waals surface area contributed by atoms with Crippen molar-refractivity contribution >= 4 is 33.0 Å². The molecule has 0 aromatic carbocycles. The smallest absolute Gasteiger partial charge is 0.228 e. The molecule has 0 aliphatic carbocycles. The Hall–Kier alpha value is -1.07. The van der Waals surface area contributed by atoms with E-state index in [0.717, 1.165) is 16.5 Å². The lowest BCUT2D eigenvalue weighted by Gasteiger charge is -2.09. The molecule has 2 rings (SSSR count). The Morgan fingerprint density at radius 2 is 2.35 bits per heavy atom. The van der Waals surface area contributed by atoms with Crippen LogP contribution in [-0.2, 0) is 6.42 Å². The number of nitrogens with two attached hydrogens (primary N) is 1. The summed E-state index contributed by atoms with van der Waals surface area (Å²) >= 11 is 5.18. The minimum absolute atomic E-state index is 0.605. The van der Waals surface area contributed by atoms with Crippen molar-refractivity contribution in [2.75, 3.05) is 12.3 Å². The van der Waals surface area contributed by atoms with Crippen LogP contribution in [0.3, 0.4) is 0 Å². The van der Waals surface area contributed by atoms with Gasteiger partial charge in [-0.25, -0.2) is 4.98 Å². The number of halogens is 1. The third kappa shape index (κ3) is 2.98. The van der Waals surface area contributed by atoms with Crippen LogP contribution in [0.5, 0.6) is 5.88 Å². The van der Waals surface area contributed by atoms with E-state index in [0.29, 0.717) is 18.2 Å². The number of anilines is 1. The first-order valence-electron chi connectivity index (χ1n) is 5.24. The molecule has 0 amide bonds. The van der Waals surface area contributed by atoms with Gasteiger partial charge in [-0.3, -0.25) is 0 Å². The maximum absolute atomic E-state index is 5.75. The van der Waals surface area contributed by atoms with Gasteiger partial charge in [-0.2, -0.15) is 0 Å². The highest BCUT2D eigenvalue weighted by molar-refractivity contribution is 9.10. The molecule has 0 radical (unpaired) electrons. The summed E-state index contributed by atoms with van der Waals surface area (Å²) in [5.74, 6) is 0.605. The minimum Gasteiger partial charge on any atom is -0.476 e. The quantitative estimate of drug-likeness (QED) is 0.941. The first-order valence-corrected chi connectivity index (χ1v) is 6.91. The molecule has 0 aliphatic heterocycles. The molecule has 2 aromatic heterocycles. The predicted octanol–water partition coefficient (Wildman–Crippen LogP) is 3.42. The zero-order valence-corrected chi connectivity index (χ0v) is 11.8. The molecule has 0 saturated carbocycles. The summed E-state index contributed by atoms with van der Waals surface area (Å²) in [5.41, 5.74) is 7.38. The van der Waals surface area contributed by atoms with Gasteiger partial charge in [-0.15, -0.1) is 11.3 Å². The average Bonchev–Trinajstić information content (AvgIpc) is 2.82. The number of aromatic nitrogens is 1. The third-order valence-corrected chi connectivity index (χ3v) is 4.31. The highest BCUT2D eigenvalue weighted by atomic mass is 79.9. The molecule has 2 aromatic rings. The molecule has 0 aliphatic rings. The summed E-state index contributed by atoms with van der Waals surface area (Å²) in [6.45, 7) is 2.56. The van der Waals surface area contributed by atoms with Crippen LogP contribution in [0.25, 0.3) is 0 Å². The van der Waals surface area contributed by atoms with Gasteiger partial charge >= 0.3 is 0 Å². The van der Waals surface area contributed by atoms with Crippen LogP contribution in [-0.4, -0.2) is 11.6 Å². The zero-order chi connectivity index (χ0) is 12.3. The van der Waals surface area contributed by atoms with Crippen molar-refractivity contribution in [2.45, 2.75) is 13.3 Å². The van der Waals surface area contributed by atoms with Crippen LogP contribution < -0.4 is 10.5 Å². The maximum Gasteiger partial charge on any atom is 0.228 e. The fraction of sp³-hybridized carbons (Fsp3) is 0.250. The lowest BCUT2D eigenvalue weighted by Crippen LogP contribution is -2.04. The Bertz CT molecular complexity index is 499. The average molecular weight is 313 g/mol. The van der Waals surface area contributed by atoms with Gasteiger partial charge < -0.3 is 10.5 Å². The summed E-state index contributed by atoms with van der Waals surface area (Å²) in [6, 6.07) is 4.15. The molecule has 0 unspecified atom stereocenters. The van der Waals surface area contributed by atoms with Gasteiger partial charge in [0.1, 0.15) is 0 Å². The lowest BCUT2D eigenvalue weighted by atomic mass is 10.2. The topological polar surface area (TPSA) is 48.1 Å². The second-order valence-electron chi connectivity index (χ2n) is 3.64. The zero-order valence-electron chi connectivity index (χ0n) is 9.44. The molecule has 0 saturated heterocycles. The van der Waals surface area contributed by atoms with E-state index in [2.05, 4.69) is 32.4 Å². The van der Waals surface area contributed by atoms with Crippen molar-refractivity contribution in [1.82, 2.24) is 4.98 Å². The molecule has 0 fully saturated rings. The van der Waals surface area contributed by atoms with Gasteiger partial charge in [0.15, 0.2) is 0 Å². The van der Waals surface area contributed by atoms with Crippen LogP contribution in [0.4, 0.5) is 5.69 Å². The number of pyridine rings is 1. The Labute approximate surface area is 113 Å². The Balaban J connectivity index is 1.97. The van der Waals surface area contributed by atoms with Gasteiger partial charge in [0.2, 0.25) is 5.88 Å². The van der Waals surface area contributed by atoms with Gasteiger partial charge in [0.05, 0.1) is 23.0 Å². The molecule has 0 spiro atoms. The highest BCUT2D eigenvalue weighted by Crippen LogP contribution is 2.29. The summed E-state index contributed by atoms with van der Waals surface area (Å²) in [4.78, 5) is 5.48. The molecule has 17 heavy (non-hydrogen) atoms. The van der Waals surface area contributed by atoms with Crippen molar-refractivity contribution in [2.24, 2.45) is 0 Å². The Morgan fingerprint density at radius 3 is 3.06 bits per heavy atom. The molecule has 0 bridgehead atoms. The highest BCUT2D eigenvalue weighted by Gasteiger charge is 2.08.